The van der Waals surface area contributed by atoms with Gasteiger partial charge in [0.25, 0.3) is 11.5 Å². The van der Waals surface area contributed by atoms with E-state index in [9.17, 15) is 9.59 Å². The Labute approximate surface area is 163 Å². The molecule has 4 rings (SSSR count). The lowest BCUT2D eigenvalue weighted by molar-refractivity contribution is 0.102. The molecule has 1 aromatic carbocycles. The molecule has 1 aliphatic rings. The molecule has 1 saturated heterocycles. The number of hydrogen-bond acceptors (Lipinski definition) is 5. The van der Waals surface area contributed by atoms with E-state index in [2.05, 4.69) is 16.4 Å². The van der Waals surface area contributed by atoms with Gasteiger partial charge in [-0.1, -0.05) is 18.2 Å². The van der Waals surface area contributed by atoms with Crippen LogP contribution in [0, 0.1) is 0 Å². The molecule has 2 N–H and O–H groups in total. The van der Waals surface area contributed by atoms with Crippen LogP contribution < -0.4 is 10.9 Å². The zero-order chi connectivity index (χ0) is 17.9. The minimum absolute atomic E-state index is 0.111. The van der Waals surface area contributed by atoms with Gasteiger partial charge in [0.15, 0.2) is 0 Å². The maximum Gasteiger partial charge on any atom is 0.261 e. The minimum Gasteiger partial charge on any atom is -0.322 e. The van der Waals surface area contributed by atoms with Gasteiger partial charge in [0.2, 0.25) is 0 Å². The average Bonchev–Trinajstić information content (AvgIpc) is 3.36. The van der Waals surface area contributed by atoms with Crippen LogP contribution in [0.15, 0.2) is 58.7 Å². The van der Waals surface area contributed by atoms with Crippen LogP contribution in [0.5, 0.6) is 0 Å². The first-order valence-corrected chi connectivity index (χ1v) is 11.1. The molecular weight excluding hydrogens is 384 g/mol. The first-order chi connectivity index (χ1) is 12.7. The molecule has 1 amide bonds. The maximum atomic E-state index is 12.5. The highest BCUT2D eigenvalue weighted by atomic mass is 32.2. The molecule has 1 fully saturated rings. The van der Waals surface area contributed by atoms with Gasteiger partial charge in [-0.3, -0.25) is 9.59 Å². The van der Waals surface area contributed by atoms with E-state index in [1.807, 2.05) is 59.2 Å². The molecule has 26 heavy (non-hydrogen) atoms. The molecule has 132 valence electrons. The van der Waals surface area contributed by atoms with E-state index in [0.29, 0.717) is 10.3 Å². The molecular formula is C19H16N2O2S3. The number of aromatic amines is 1. The van der Waals surface area contributed by atoms with Crippen LogP contribution in [0.3, 0.4) is 0 Å². The van der Waals surface area contributed by atoms with Crippen LogP contribution in [-0.4, -0.2) is 22.4 Å². The Morgan fingerprint density at radius 1 is 1.08 bits per heavy atom. The van der Waals surface area contributed by atoms with Crippen molar-refractivity contribution in [3.8, 4) is 10.6 Å². The van der Waals surface area contributed by atoms with Crippen molar-refractivity contribution >= 4 is 46.5 Å². The fourth-order valence-corrected chi connectivity index (χ4v) is 6.29. The fraction of sp³-hybridized carbons (Fsp3) is 0.158. The highest BCUT2D eigenvalue weighted by Crippen LogP contribution is 2.45. The Balaban J connectivity index is 1.53. The smallest absolute Gasteiger partial charge is 0.261 e. The van der Waals surface area contributed by atoms with Crippen LogP contribution in [0.2, 0.25) is 0 Å². The average molecular weight is 401 g/mol. The summed E-state index contributed by atoms with van der Waals surface area (Å²) in [5, 5.41) is 4.79. The third-order valence-electron chi connectivity index (χ3n) is 3.98. The van der Waals surface area contributed by atoms with E-state index in [0.717, 1.165) is 22.1 Å². The molecule has 0 atom stereocenters. The molecule has 0 spiro atoms. The van der Waals surface area contributed by atoms with Crippen LogP contribution >= 0.6 is 34.9 Å². The van der Waals surface area contributed by atoms with Crippen LogP contribution in [0.25, 0.3) is 10.6 Å². The van der Waals surface area contributed by atoms with E-state index in [1.54, 1.807) is 23.5 Å². The second-order valence-corrected chi connectivity index (χ2v) is 9.42. The van der Waals surface area contributed by atoms with Crippen LogP contribution in [-0.2, 0) is 0 Å². The van der Waals surface area contributed by atoms with Crippen molar-refractivity contribution in [2.45, 2.75) is 4.58 Å². The van der Waals surface area contributed by atoms with Crippen LogP contribution in [0.1, 0.15) is 20.5 Å². The number of H-pyrrole nitrogens is 1. The molecule has 0 unspecified atom stereocenters. The van der Waals surface area contributed by atoms with E-state index < -0.39 is 5.91 Å². The van der Waals surface area contributed by atoms with E-state index in [1.165, 1.54) is 5.56 Å². The molecule has 3 aromatic rings. The van der Waals surface area contributed by atoms with Gasteiger partial charge in [-0.05, 0) is 41.3 Å². The van der Waals surface area contributed by atoms with Gasteiger partial charge in [0, 0.05) is 17.2 Å². The second-order valence-electron chi connectivity index (χ2n) is 5.75. The predicted octanol–water partition coefficient (Wildman–Crippen LogP) is 4.83. The summed E-state index contributed by atoms with van der Waals surface area (Å²) in [7, 11) is 0. The standard InChI is InChI=1S/C19H16N2O2S3/c22-17(14-6-7-15(21-18(14)23)16-5-2-8-24-16)20-13-4-1-3-12(11-13)19-25-9-10-26-19/h1-8,11,19H,9-10H2,(H,20,22)(H,21,23). The second kappa shape index (κ2) is 7.73. The fourth-order valence-electron chi connectivity index (χ4n) is 2.74. The van der Waals surface area contributed by atoms with Crippen molar-refractivity contribution in [2.75, 3.05) is 16.8 Å². The Hall–Kier alpha value is -1.96. The number of hydrogen-bond donors (Lipinski definition) is 2. The van der Waals surface area contributed by atoms with Gasteiger partial charge in [0.1, 0.15) is 5.56 Å². The number of thiophene rings is 1. The lowest BCUT2D eigenvalue weighted by atomic mass is 10.2. The Kier molecular flexibility index (Phi) is 5.19. The van der Waals surface area contributed by atoms with Crippen molar-refractivity contribution in [1.82, 2.24) is 4.98 Å². The van der Waals surface area contributed by atoms with E-state index in [-0.39, 0.29) is 11.1 Å². The van der Waals surface area contributed by atoms with Gasteiger partial charge in [0.05, 0.1) is 15.2 Å². The van der Waals surface area contributed by atoms with Crippen molar-refractivity contribution in [3.05, 3.63) is 75.4 Å². The number of carbonyl (C=O) groups is 1. The number of pyridine rings is 1. The van der Waals surface area contributed by atoms with Crippen molar-refractivity contribution in [1.29, 1.82) is 0 Å². The molecule has 7 heteroatoms. The quantitative estimate of drug-likeness (QED) is 0.658. The summed E-state index contributed by atoms with van der Waals surface area (Å²) in [6, 6.07) is 15.1. The summed E-state index contributed by atoms with van der Waals surface area (Å²) in [5.41, 5.74) is 2.35. The van der Waals surface area contributed by atoms with Gasteiger partial charge >= 0.3 is 0 Å². The molecule has 3 heterocycles. The number of nitrogens with one attached hydrogen (secondary N) is 2. The largest absolute Gasteiger partial charge is 0.322 e. The third kappa shape index (κ3) is 3.75. The molecule has 0 bridgehead atoms. The Bertz CT molecular complexity index is 976. The van der Waals surface area contributed by atoms with E-state index >= 15 is 0 Å². The molecule has 0 aliphatic carbocycles. The highest BCUT2D eigenvalue weighted by Gasteiger charge is 2.19. The van der Waals surface area contributed by atoms with Gasteiger partial charge < -0.3 is 10.3 Å². The highest BCUT2D eigenvalue weighted by molar-refractivity contribution is 8.19. The summed E-state index contributed by atoms with van der Waals surface area (Å²) in [4.78, 5) is 28.6. The number of anilines is 1. The van der Waals surface area contributed by atoms with Crippen LogP contribution in [0.4, 0.5) is 5.69 Å². The number of rotatable bonds is 4. The molecule has 0 saturated carbocycles. The zero-order valence-corrected chi connectivity index (χ0v) is 16.2. The van der Waals surface area contributed by atoms with Crippen molar-refractivity contribution < 1.29 is 4.79 Å². The molecule has 2 aromatic heterocycles. The number of benzene rings is 1. The van der Waals surface area contributed by atoms with Gasteiger partial charge in [-0.25, -0.2) is 0 Å². The SMILES string of the molecule is O=C(Nc1cccc(C2SCCS2)c1)c1ccc(-c2cccs2)[nH]c1=O. The first kappa shape index (κ1) is 17.5. The molecule has 4 nitrogen and oxygen atoms in total. The normalized spacial score (nSPS) is 14.5. The third-order valence-corrected chi connectivity index (χ3v) is 7.99. The van der Waals surface area contributed by atoms with Crippen molar-refractivity contribution in [2.24, 2.45) is 0 Å². The van der Waals surface area contributed by atoms with E-state index in [4.69, 9.17) is 0 Å². The summed E-state index contributed by atoms with van der Waals surface area (Å²) < 4.78 is 0.417. The van der Waals surface area contributed by atoms with Gasteiger partial charge in [-0.15, -0.1) is 34.9 Å². The lowest BCUT2D eigenvalue weighted by Crippen LogP contribution is -2.23. The number of carbonyl (C=O) groups excluding carboxylic acids is 1. The topological polar surface area (TPSA) is 62.0 Å². The lowest BCUT2D eigenvalue weighted by Gasteiger charge is -2.11. The Morgan fingerprint density at radius 2 is 1.92 bits per heavy atom. The predicted molar refractivity (Wildman–Crippen MR) is 112 cm³/mol. The Morgan fingerprint density at radius 3 is 2.65 bits per heavy atom. The molecule has 0 radical (unpaired) electrons. The van der Waals surface area contributed by atoms with Gasteiger partial charge in [-0.2, -0.15) is 0 Å². The maximum absolute atomic E-state index is 12.5. The minimum atomic E-state index is -0.396. The summed E-state index contributed by atoms with van der Waals surface area (Å²) in [6.45, 7) is 0. The number of amides is 1. The summed E-state index contributed by atoms with van der Waals surface area (Å²) in [6.07, 6.45) is 0. The monoisotopic (exact) mass is 400 g/mol. The number of thioether (sulfide) groups is 2. The van der Waals surface area contributed by atoms with Crippen molar-refractivity contribution in [3.63, 3.8) is 0 Å². The molecule has 1 aliphatic heterocycles. The summed E-state index contributed by atoms with van der Waals surface area (Å²) in [5.74, 6) is 1.91. The zero-order valence-electron chi connectivity index (χ0n) is 13.7. The number of aromatic nitrogens is 1. The first-order valence-electron chi connectivity index (χ1n) is 8.12. The summed E-state index contributed by atoms with van der Waals surface area (Å²) >= 11 is 5.38.